The zero-order chi connectivity index (χ0) is 15.0. The molecule has 1 amide bonds. The first-order valence-electron chi connectivity index (χ1n) is 6.60. The molecule has 0 saturated carbocycles. The summed E-state index contributed by atoms with van der Waals surface area (Å²) in [5.74, 6) is -0.467. The summed E-state index contributed by atoms with van der Waals surface area (Å²) in [6.45, 7) is 3.43. The number of aliphatic hydroxyl groups excluding tert-OH is 1. The summed E-state index contributed by atoms with van der Waals surface area (Å²) in [5, 5.41) is 12.1. The molecule has 108 valence electrons. The monoisotopic (exact) mass is 276 g/mol. The lowest BCUT2D eigenvalue weighted by atomic mass is 10.0. The molecule has 0 fully saturated rings. The number of amides is 1. The van der Waals surface area contributed by atoms with Crippen LogP contribution in [0.5, 0.6) is 0 Å². The lowest BCUT2D eigenvalue weighted by Gasteiger charge is -2.20. The van der Waals surface area contributed by atoms with Gasteiger partial charge < -0.3 is 10.4 Å². The van der Waals surface area contributed by atoms with Gasteiger partial charge >= 0.3 is 0 Å². The minimum Gasteiger partial charge on any atom is -0.394 e. The fourth-order valence-corrected chi connectivity index (χ4v) is 1.91. The van der Waals surface area contributed by atoms with E-state index in [9.17, 15) is 14.7 Å². The highest BCUT2D eigenvalue weighted by molar-refractivity contribution is 5.83. The van der Waals surface area contributed by atoms with Crippen molar-refractivity contribution in [2.45, 2.75) is 32.4 Å². The Morgan fingerprint density at radius 2 is 2.00 bits per heavy atom. The Kier molecular flexibility index (Phi) is 6.64. The minimum atomic E-state index is -0.766. The maximum absolute atomic E-state index is 12.0. The van der Waals surface area contributed by atoms with Crippen molar-refractivity contribution in [3.63, 3.8) is 0 Å². The van der Waals surface area contributed by atoms with Crippen LogP contribution in [0, 0.1) is 5.92 Å². The summed E-state index contributed by atoms with van der Waals surface area (Å²) in [6, 6.07) is 8.41. The highest BCUT2D eigenvalue weighted by Crippen LogP contribution is 2.08. The van der Waals surface area contributed by atoms with Crippen LogP contribution in [0.4, 0.5) is 0 Å². The van der Waals surface area contributed by atoms with Gasteiger partial charge in [-0.05, 0) is 17.9 Å². The second-order valence-corrected chi connectivity index (χ2v) is 4.99. The maximum Gasteiger partial charge on any atom is 0.246 e. The smallest absolute Gasteiger partial charge is 0.246 e. The van der Waals surface area contributed by atoms with Crippen LogP contribution in [0.25, 0.3) is 0 Å². The second-order valence-electron chi connectivity index (χ2n) is 4.99. The minimum absolute atomic E-state index is 0.104. The zero-order valence-electron chi connectivity index (χ0n) is 11.7. The summed E-state index contributed by atoms with van der Waals surface area (Å²) in [4.78, 5) is 25.9. The fraction of sp³-hybridized carbons (Fsp3) is 0.467. The molecule has 0 bridgehead atoms. The first kappa shape index (κ1) is 16.1. The molecule has 1 aromatic rings. The predicted octanol–water partition coefficient (Wildman–Crippen LogP) is 1.07. The van der Waals surface area contributed by atoms with Gasteiger partial charge in [-0.1, -0.05) is 44.2 Å². The number of nitrogens with zero attached hydrogens (tertiary/aromatic N) is 1. The Bertz CT molecular complexity index is 467. The third-order valence-electron chi connectivity index (χ3n) is 2.98. The molecule has 0 spiro atoms. The van der Waals surface area contributed by atoms with Crippen LogP contribution in [0.15, 0.2) is 35.3 Å². The van der Waals surface area contributed by atoms with E-state index < -0.39 is 12.1 Å². The molecule has 20 heavy (non-hydrogen) atoms. The van der Waals surface area contributed by atoms with Crippen molar-refractivity contribution in [2.24, 2.45) is 10.9 Å². The van der Waals surface area contributed by atoms with Gasteiger partial charge in [0.25, 0.3) is 0 Å². The molecular weight excluding hydrogens is 256 g/mol. The van der Waals surface area contributed by atoms with E-state index in [-0.39, 0.29) is 18.4 Å². The van der Waals surface area contributed by atoms with Crippen molar-refractivity contribution in [2.75, 3.05) is 6.61 Å². The Morgan fingerprint density at radius 1 is 1.35 bits per heavy atom. The summed E-state index contributed by atoms with van der Waals surface area (Å²) in [7, 11) is 0. The molecule has 0 aliphatic heterocycles. The van der Waals surface area contributed by atoms with E-state index in [1.165, 1.54) is 6.08 Å². The number of carbonyl (C=O) groups excluding carboxylic acids is 2. The molecule has 0 aromatic heterocycles. The van der Waals surface area contributed by atoms with Crippen LogP contribution in [-0.4, -0.2) is 35.8 Å². The molecular formula is C15H20N2O3. The van der Waals surface area contributed by atoms with Gasteiger partial charge in [0, 0.05) is 0 Å². The van der Waals surface area contributed by atoms with Crippen LogP contribution in [-0.2, 0) is 16.0 Å². The van der Waals surface area contributed by atoms with Gasteiger partial charge in [-0.2, -0.15) is 4.99 Å². The summed E-state index contributed by atoms with van der Waals surface area (Å²) in [6.07, 6.45) is 1.95. The van der Waals surface area contributed by atoms with E-state index in [2.05, 4.69) is 10.3 Å². The zero-order valence-corrected chi connectivity index (χ0v) is 11.7. The number of rotatable bonds is 7. The van der Waals surface area contributed by atoms with Crippen LogP contribution >= 0.6 is 0 Å². The normalized spacial score (nSPS) is 13.4. The molecule has 2 N–H and O–H groups in total. The number of aliphatic imine (C=N–C) groups is 1. The predicted molar refractivity (Wildman–Crippen MR) is 75.9 cm³/mol. The summed E-state index contributed by atoms with van der Waals surface area (Å²) >= 11 is 0. The van der Waals surface area contributed by atoms with E-state index >= 15 is 0 Å². The second kappa shape index (κ2) is 8.25. The van der Waals surface area contributed by atoms with E-state index in [0.29, 0.717) is 6.42 Å². The van der Waals surface area contributed by atoms with Gasteiger partial charge in [0.1, 0.15) is 6.04 Å². The van der Waals surface area contributed by atoms with Gasteiger partial charge in [-0.15, -0.1) is 0 Å². The van der Waals surface area contributed by atoms with E-state index in [1.807, 2.05) is 30.3 Å². The molecule has 0 aliphatic rings. The Balaban J connectivity index is 2.67. The SMILES string of the molecule is CC(C)[C@H](N=C=O)C(=O)N[C@H](CO)Cc1ccccc1. The number of nitrogens with one attached hydrogen (secondary N) is 1. The average molecular weight is 276 g/mol. The van der Waals surface area contributed by atoms with Crippen molar-refractivity contribution in [1.29, 1.82) is 0 Å². The van der Waals surface area contributed by atoms with E-state index in [4.69, 9.17) is 0 Å². The van der Waals surface area contributed by atoms with E-state index in [0.717, 1.165) is 5.56 Å². The molecule has 1 rings (SSSR count). The molecule has 0 saturated heterocycles. The molecule has 5 nitrogen and oxygen atoms in total. The topological polar surface area (TPSA) is 78.8 Å². The fourth-order valence-electron chi connectivity index (χ4n) is 1.91. The Hall–Kier alpha value is -1.97. The number of carbonyl (C=O) groups is 1. The highest BCUT2D eigenvalue weighted by atomic mass is 16.3. The maximum atomic E-state index is 12.0. The molecule has 0 unspecified atom stereocenters. The van der Waals surface area contributed by atoms with Crippen molar-refractivity contribution >= 4 is 12.0 Å². The number of isocyanates is 1. The van der Waals surface area contributed by atoms with Gasteiger partial charge in [0.15, 0.2) is 0 Å². The molecule has 5 heteroatoms. The third kappa shape index (κ3) is 4.96. The van der Waals surface area contributed by atoms with Crippen molar-refractivity contribution in [3.05, 3.63) is 35.9 Å². The first-order valence-corrected chi connectivity index (χ1v) is 6.60. The molecule has 1 aromatic carbocycles. The van der Waals surface area contributed by atoms with Crippen molar-refractivity contribution < 1.29 is 14.7 Å². The number of benzene rings is 1. The molecule has 0 heterocycles. The summed E-state index contributed by atoms with van der Waals surface area (Å²) < 4.78 is 0. The van der Waals surface area contributed by atoms with Crippen molar-refractivity contribution in [3.8, 4) is 0 Å². The van der Waals surface area contributed by atoms with Crippen LogP contribution < -0.4 is 5.32 Å². The van der Waals surface area contributed by atoms with E-state index in [1.54, 1.807) is 13.8 Å². The standard InChI is InChI=1S/C15H20N2O3/c1-11(2)14(16-10-19)15(20)17-13(9-18)8-12-6-4-3-5-7-12/h3-7,11,13-14,18H,8-9H2,1-2H3,(H,17,20)/t13-,14-/m0/s1. The average Bonchev–Trinajstić information content (AvgIpc) is 2.44. The first-order chi connectivity index (χ1) is 9.58. The lowest BCUT2D eigenvalue weighted by molar-refractivity contribution is -0.124. The number of aliphatic hydroxyl groups is 1. The third-order valence-corrected chi connectivity index (χ3v) is 2.98. The molecule has 0 aliphatic carbocycles. The lowest BCUT2D eigenvalue weighted by Crippen LogP contribution is -2.45. The number of hydrogen-bond donors (Lipinski definition) is 2. The Labute approximate surface area is 118 Å². The quantitative estimate of drug-likeness (QED) is 0.577. The van der Waals surface area contributed by atoms with Gasteiger partial charge in [-0.25, -0.2) is 4.79 Å². The Morgan fingerprint density at radius 3 is 2.50 bits per heavy atom. The van der Waals surface area contributed by atoms with Gasteiger partial charge in [0.2, 0.25) is 12.0 Å². The summed E-state index contributed by atoms with van der Waals surface area (Å²) in [5.41, 5.74) is 1.02. The molecule has 2 atom stereocenters. The van der Waals surface area contributed by atoms with Gasteiger partial charge in [-0.3, -0.25) is 4.79 Å². The van der Waals surface area contributed by atoms with Crippen LogP contribution in [0.2, 0.25) is 0 Å². The van der Waals surface area contributed by atoms with Crippen LogP contribution in [0.3, 0.4) is 0 Å². The number of hydrogen-bond acceptors (Lipinski definition) is 4. The molecule has 0 radical (unpaired) electrons. The van der Waals surface area contributed by atoms with Crippen molar-refractivity contribution in [1.82, 2.24) is 5.32 Å². The largest absolute Gasteiger partial charge is 0.394 e. The highest BCUT2D eigenvalue weighted by Gasteiger charge is 2.23. The van der Waals surface area contributed by atoms with Crippen LogP contribution in [0.1, 0.15) is 19.4 Å². The van der Waals surface area contributed by atoms with Gasteiger partial charge in [0.05, 0.1) is 12.6 Å².